The van der Waals surface area contributed by atoms with E-state index < -0.39 is 6.09 Å². The fourth-order valence-corrected chi connectivity index (χ4v) is 6.00. The Labute approximate surface area is 360 Å². The van der Waals surface area contributed by atoms with Gasteiger partial charge in [0.05, 0.1) is 151 Å². The van der Waals surface area contributed by atoms with Crippen LogP contribution < -0.4 is 15.8 Å². The number of ether oxygens (including phenoxy) is 13. The molecule has 0 heterocycles. The van der Waals surface area contributed by atoms with Crippen molar-refractivity contribution in [3.8, 4) is 16.9 Å². The number of amides is 1. The van der Waals surface area contributed by atoms with Gasteiger partial charge in [0.2, 0.25) is 0 Å². The lowest BCUT2D eigenvalue weighted by molar-refractivity contribution is -0.0277. The summed E-state index contributed by atoms with van der Waals surface area (Å²) >= 11 is 0. The maximum atomic E-state index is 12.3. The standard InChI is InChI=1S/C45H66N2O14/c46-43-11-5-6-12-44(43)60-36-35-59-34-33-58-32-31-57-30-29-56-28-27-55-26-25-54-24-23-53-22-21-52-20-19-51-18-17-50-16-15-49-14-13-47-45(48)61-37-42-40-9-3-1-7-38(40)39-8-2-4-10-41(39)42/h1-12,42H,13-37,46H2,(H,47,48). The van der Waals surface area contributed by atoms with Crippen LogP contribution in [0.1, 0.15) is 17.0 Å². The largest absolute Gasteiger partial charge is 0.489 e. The predicted octanol–water partition coefficient (Wildman–Crippen LogP) is 4.37. The van der Waals surface area contributed by atoms with Crippen molar-refractivity contribution in [3.63, 3.8) is 0 Å². The molecular weight excluding hydrogens is 792 g/mol. The minimum absolute atomic E-state index is 0.0334. The van der Waals surface area contributed by atoms with E-state index in [1.54, 1.807) is 6.07 Å². The number of carbonyl (C=O) groups is 1. The van der Waals surface area contributed by atoms with Crippen LogP contribution in [0, 0.1) is 0 Å². The second-order valence-corrected chi connectivity index (χ2v) is 13.4. The van der Waals surface area contributed by atoms with Crippen LogP contribution in [0.2, 0.25) is 0 Å². The summed E-state index contributed by atoms with van der Waals surface area (Å²) in [7, 11) is 0. The van der Waals surface area contributed by atoms with Gasteiger partial charge in [-0.3, -0.25) is 0 Å². The average molecular weight is 859 g/mol. The first-order valence-corrected chi connectivity index (χ1v) is 21.2. The highest BCUT2D eigenvalue weighted by molar-refractivity contribution is 5.79. The highest BCUT2D eigenvalue weighted by atomic mass is 16.6. The first kappa shape index (κ1) is 49.7. The van der Waals surface area contributed by atoms with Crippen molar-refractivity contribution in [3.05, 3.63) is 83.9 Å². The van der Waals surface area contributed by atoms with Gasteiger partial charge in [0.1, 0.15) is 19.0 Å². The van der Waals surface area contributed by atoms with Crippen LogP contribution in [0.25, 0.3) is 11.1 Å². The molecule has 0 bridgehead atoms. The van der Waals surface area contributed by atoms with Gasteiger partial charge in [-0.15, -0.1) is 0 Å². The molecule has 0 aromatic heterocycles. The summed E-state index contributed by atoms with van der Waals surface area (Å²) in [4.78, 5) is 12.3. The Morgan fingerprint density at radius 2 is 0.754 bits per heavy atom. The zero-order valence-corrected chi connectivity index (χ0v) is 35.5. The first-order chi connectivity index (χ1) is 30.2. The highest BCUT2D eigenvalue weighted by Crippen LogP contribution is 2.44. The molecule has 4 rings (SSSR count). The minimum atomic E-state index is -0.455. The molecule has 0 fully saturated rings. The van der Waals surface area contributed by atoms with E-state index in [2.05, 4.69) is 29.6 Å². The van der Waals surface area contributed by atoms with Crippen molar-refractivity contribution in [2.24, 2.45) is 0 Å². The maximum Gasteiger partial charge on any atom is 0.407 e. The smallest absolute Gasteiger partial charge is 0.407 e. The summed E-state index contributed by atoms with van der Waals surface area (Å²) in [5, 5.41) is 2.74. The van der Waals surface area contributed by atoms with E-state index in [-0.39, 0.29) is 12.5 Å². The van der Waals surface area contributed by atoms with E-state index in [4.69, 9.17) is 67.3 Å². The van der Waals surface area contributed by atoms with Crippen molar-refractivity contribution in [2.45, 2.75) is 5.92 Å². The van der Waals surface area contributed by atoms with E-state index in [9.17, 15) is 4.79 Å². The van der Waals surface area contributed by atoms with Crippen LogP contribution in [0.3, 0.4) is 0 Å². The Morgan fingerprint density at radius 3 is 1.15 bits per heavy atom. The number of nitrogens with one attached hydrogen (secondary N) is 1. The molecule has 16 heteroatoms. The third-order valence-corrected chi connectivity index (χ3v) is 8.98. The normalized spacial score (nSPS) is 12.1. The molecule has 0 spiro atoms. The number of fused-ring (bicyclic) bond motifs is 3. The summed E-state index contributed by atoms with van der Waals surface area (Å²) in [5.74, 6) is 0.697. The number of carbonyl (C=O) groups excluding carboxylic acids is 1. The summed E-state index contributed by atoms with van der Waals surface area (Å²) in [6.45, 7) is 11.5. The van der Waals surface area contributed by atoms with Gasteiger partial charge in [0.15, 0.2) is 0 Å². The van der Waals surface area contributed by atoms with E-state index >= 15 is 0 Å². The lowest BCUT2D eigenvalue weighted by atomic mass is 9.98. The lowest BCUT2D eigenvalue weighted by Crippen LogP contribution is -2.29. The SMILES string of the molecule is Nc1ccccc1OCCOCCOCCOCCOCCOCCOCCOCCOCCOCCOCCOCCNC(=O)OCC1c2ccccc2-c2ccccc21. The molecule has 3 aromatic rings. The molecule has 0 saturated heterocycles. The monoisotopic (exact) mass is 858 g/mol. The number of nitrogens with two attached hydrogens (primary N) is 1. The molecule has 3 N–H and O–H groups in total. The number of nitrogen functional groups attached to an aromatic ring is 1. The molecule has 61 heavy (non-hydrogen) atoms. The number of anilines is 1. The van der Waals surface area contributed by atoms with Gasteiger partial charge in [0.25, 0.3) is 0 Å². The van der Waals surface area contributed by atoms with Gasteiger partial charge in [-0.05, 0) is 34.4 Å². The highest BCUT2D eigenvalue weighted by Gasteiger charge is 2.29. The number of para-hydroxylation sites is 2. The number of hydrogen-bond donors (Lipinski definition) is 2. The molecule has 0 aliphatic heterocycles. The Kier molecular flexibility index (Phi) is 27.5. The zero-order valence-electron chi connectivity index (χ0n) is 35.5. The second kappa shape index (κ2) is 33.7. The molecule has 1 aliphatic carbocycles. The van der Waals surface area contributed by atoms with Gasteiger partial charge in [-0.25, -0.2) is 4.79 Å². The molecule has 1 amide bonds. The lowest BCUT2D eigenvalue weighted by Gasteiger charge is -2.14. The van der Waals surface area contributed by atoms with Crippen molar-refractivity contribution >= 4 is 11.8 Å². The third kappa shape index (κ3) is 22.1. The first-order valence-electron chi connectivity index (χ1n) is 21.2. The summed E-state index contributed by atoms with van der Waals surface area (Å²) in [5.41, 5.74) is 11.2. The van der Waals surface area contributed by atoms with E-state index in [1.807, 2.05) is 42.5 Å². The topological polar surface area (TPSA) is 175 Å². The molecule has 16 nitrogen and oxygen atoms in total. The molecule has 3 aromatic carbocycles. The Hall–Kier alpha value is -3.91. The van der Waals surface area contributed by atoms with Crippen LogP contribution in [-0.2, 0) is 56.8 Å². The predicted molar refractivity (Wildman–Crippen MR) is 228 cm³/mol. The third-order valence-electron chi connectivity index (χ3n) is 8.98. The van der Waals surface area contributed by atoms with Gasteiger partial charge >= 0.3 is 6.09 Å². The molecule has 0 unspecified atom stereocenters. The summed E-state index contributed by atoms with van der Waals surface area (Å²) in [6.07, 6.45) is -0.455. The van der Waals surface area contributed by atoms with Gasteiger partial charge < -0.3 is 72.6 Å². The summed E-state index contributed by atoms with van der Waals surface area (Å²) in [6, 6.07) is 23.9. The number of alkyl carbamates (subject to hydrolysis) is 1. The second-order valence-electron chi connectivity index (χ2n) is 13.4. The molecule has 0 saturated carbocycles. The van der Waals surface area contributed by atoms with E-state index in [1.165, 1.54) is 22.3 Å². The minimum Gasteiger partial charge on any atom is -0.489 e. The Bertz CT molecular complexity index is 1510. The number of rotatable bonds is 39. The van der Waals surface area contributed by atoms with Crippen LogP contribution in [0.4, 0.5) is 10.5 Å². The average Bonchev–Trinajstić information content (AvgIpc) is 3.60. The maximum absolute atomic E-state index is 12.3. The van der Waals surface area contributed by atoms with E-state index in [0.29, 0.717) is 170 Å². The quantitative estimate of drug-likeness (QED) is 0.0611. The van der Waals surface area contributed by atoms with Gasteiger partial charge in [-0.1, -0.05) is 60.7 Å². The van der Waals surface area contributed by atoms with E-state index in [0.717, 1.165) is 0 Å². The van der Waals surface area contributed by atoms with Crippen molar-refractivity contribution in [1.29, 1.82) is 0 Å². The summed E-state index contributed by atoms with van der Waals surface area (Å²) < 4.78 is 71.7. The van der Waals surface area contributed by atoms with Crippen molar-refractivity contribution < 1.29 is 66.4 Å². The fourth-order valence-electron chi connectivity index (χ4n) is 6.00. The Morgan fingerprint density at radius 1 is 0.426 bits per heavy atom. The van der Waals surface area contributed by atoms with Crippen molar-refractivity contribution in [2.75, 3.05) is 171 Å². The molecule has 0 atom stereocenters. The molecular formula is C45H66N2O14. The fraction of sp³-hybridized carbons (Fsp3) is 0.578. The number of benzene rings is 3. The van der Waals surface area contributed by atoms with Crippen LogP contribution in [0.5, 0.6) is 5.75 Å². The Balaban J connectivity index is 0.765. The van der Waals surface area contributed by atoms with Crippen LogP contribution >= 0.6 is 0 Å². The van der Waals surface area contributed by atoms with Crippen LogP contribution in [-0.4, -0.2) is 171 Å². The molecule has 0 radical (unpaired) electrons. The van der Waals surface area contributed by atoms with Crippen LogP contribution in [0.15, 0.2) is 72.8 Å². The van der Waals surface area contributed by atoms with Crippen molar-refractivity contribution in [1.82, 2.24) is 5.32 Å². The molecule has 1 aliphatic rings. The zero-order chi connectivity index (χ0) is 42.7. The van der Waals surface area contributed by atoms with Gasteiger partial charge in [-0.2, -0.15) is 0 Å². The number of hydrogen-bond acceptors (Lipinski definition) is 15. The van der Waals surface area contributed by atoms with Gasteiger partial charge in [0, 0.05) is 12.5 Å². The molecule has 340 valence electrons.